The van der Waals surface area contributed by atoms with E-state index in [4.69, 9.17) is 32.7 Å². The molecular formula is C27H22Cl2N2O7. The van der Waals surface area contributed by atoms with Gasteiger partial charge in [-0.3, -0.25) is 9.69 Å². The molecule has 2 heterocycles. The van der Waals surface area contributed by atoms with Crippen molar-refractivity contribution in [2.24, 2.45) is 0 Å². The Hall–Kier alpha value is -3.95. The molecule has 3 aromatic rings. The summed E-state index contributed by atoms with van der Waals surface area (Å²) in [5, 5.41) is 19.9. The van der Waals surface area contributed by atoms with E-state index in [1.165, 1.54) is 4.90 Å². The van der Waals surface area contributed by atoms with Crippen LogP contribution in [0.2, 0.25) is 10.0 Å². The van der Waals surface area contributed by atoms with E-state index in [2.05, 4.69) is 0 Å². The normalized spacial score (nSPS) is 18.3. The van der Waals surface area contributed by atoms with Crippen molar-refractivity contribution >= 4 is 46.9 Å². The van der Waals surface area contributed by atoms with Gasteiger partial charge in [0.05, 0.1) is 22.3 Å². The van der Waals surface area contributed by atoms with Crippen molar-refractivity contribution in [3.8, 4) is 11.5 Å². The highest BCUT2D eigenvalue weighted by Crippen LogP contribution is 2.42. The Morgan fingerprint density at radius 3 is 2.42 bits per heavy atom. The van der Waals surface area contributed by atoms with Crippen molar-refractivity contribution in [3.05, 3.63) is 86.9 Å². The van der Waals surface area contributed by atoms with E-state index in [9.17, 15) is 24.6 Å². The first-order valence-corrected chi connectivity index (χ1v) is 12.4. The molecule has 2 aliphatic heterocycles. The lowest BCUT2D eigenvalue weighted by molar-refractivity contribution is -0.143. The molecule has 0 fully saturated rings. The quantitative estimate of drug-likeness (QED) is 0.445. The number of aliphatic carboxylic acids is 1. The number of hydrogen-bond acceptors (Lipinski definition) is 5. The summed E-state index contributed by atoms with van der Waals surface area (Å²) in [6.45, 7) is 0.192. The zero-order chi connectivity index (χ0) is 27.1. The number of halogens is 2. The van der Waals surface area contributed by atoms with Crippen LogP contribution >= 0.6 is 23.2 Å². The van der Waals surface area contributed by atoms with Crippen LogP contribution in [-0.4, -0.2) is 46.2 Å². The van der Waals surface area contributed by atoms with Gasteiger partial charge in [-0.15, -0.1) is 0 Å². The lowest BCUT2D eigenvalue weighted by Gasteiger charge is -2.36. The number of fused-ring (bicyclic) bond motifs is 2. The largest absolute Gasteiger partial charge is 0.489 e. The molecule has 9 nitrogen and oxygen atoms in total. The third-order valence-corrected chi connectivity index (χ3v) is 7.41. The van der Waals surface area contributed by atoms with Gasteiger partial charge in [-0.05, 0) is 53.1 Å². The average Bonchev–Trinajstić information content (AvgIpc) is 2.90. The fourth-order valence-corrected chi connectivity index (χ4v) is 4.92. The van der Waals surface area contributed by atoms with Gasteiger partial charge < -0.3 is 24.6 Å². The minimum absolute atomic E-state index is 0.000602. The lowest BCUT2D eigenvalue weighted by atomic mass is 9.92. The van der Waals surface area contributed by atoms with Crippen molar-refractivity contribution in [2.75, 3.05) is 11.9 Å². The summed E-state index contributed by atoms with van der Waals surface area (Å²) in [6.07, 6.45) is -2.23. The van der Waals surface area contributed by atoms with Crippen molar-refractivity contribution in [3.63, 3.8) is 0 Å². The zero-order valence-corrected chi connectivity index (χ0v) is 21.6. The van der Waals surface area contributed by atoms with E-state index in [-0.39, 0.29) is 25.5 Å². The van der Waals surface area contributed by atoms with Crippen molar-refractivity contribution in [2.45, 2.75) is 31.7 Å². The Morgan fingerprint density at radius 2 is 1.76 bits per heavy atom. The maximum absolute atomic E-state index is 13.2. The summed E-state index contributed by atoms with van der Waals surface area (Å²) < 4.78 is 11.9. The Labute approximate surface area is 227 Å². The number of anilines is 1. The van der Waals surface area contributed by atoms with Crippen LogP contribution in [0.3, 0.4) is 0 Å². The monoisotopic (exact) mass is 556 g/mol. The number of likely N-dealkylation sites (N-methyl/N-ethyl adjacent to an activating group) is 1. The summed E-state index contributed by atoms with van der Waals surface area (Å²) in [7, 11) is 1.62. The van der Waals surface area contributed by atoms with Gasteiger partial charge in [-0.2, -0.15) is 0 Å². The highest BCUT2D eigenvalue weighted by molar-refractivity contribution is 6.42. The number of carbonyl (C=O) groups excluding carboxylic acids is 1. The summed E-state index contributed by atoms with van der Waals surface area (Å²) in [4.78, 5) is 38.8. The van der Waals surface area contributed by atoms with Gasteiger partial charge in [-0.25, -0.2) is 9.59 Å². The second-order valence-electron chi connectivity index (χ2n) is 9.06. The fraction of sp³-hybridized carbons (Fsp3) is 0.222. The van der Waals surface area contributed by atoms with E-state index in [1.54, 1.807) is 55.6 Å². The molecule has 5 rings (SSSR count). The molecule has 0 spiro atoms. The summed E-state index contributed by atoms with van der Waals surface area (Å²) >= 11 is 12.0. The Kier molecular flexibility index (Phi) is 6.81. The Bertz CT molecular complexity index is 1440. The van der Waals surface area contributed by atoms with Gasteiger partial charge in [0, 0.05) is 19.0 Å². The van der Waals surface area contributed by atoms with Gasteiger partial charge in [0.2, 0.25) is 6.10 Å². The molecule has 2 N–H and O–H groups in total. The van der Waals surface area contributed by atoms with Gasteiger partial charge >= 0.3 is 12.1 Å². The van der Waals surface area contributed by atoms with Gasteiger partial charge in [0.1, 0.15) is 24.1 Å². The van der Waals surface area contributed by atoms with Crippen LogP contribution in [0, 0.1) is 0 Å². The van der Waals surface area contributed by atoms with Crippen LogP contribution in [0.5, 0.6) is 11.5 Å². The van der Waals surface area contributed by atoms with E-state index in [1.807, 2.05) is 6.07 Å². The standard InChI is InChI=1S/C27H22Cl2N2O7/c1-30-21-9-16-10-22(26(33)34)31(27(35)36)12-17(16)11-23(21)38-24(25(30)32)15-3-5-18(6-4-15)37-13-14-2-7-19(28)20(29)8-14/h2-9,11,22,24H,10,12-13H2,1H3,(H,33,34)(H,35,36)/t22-,24-/m0/s1. The number of rotatable bonds is 5. The number of ether oxygens (including phenoxy) is 2. The van der Waals surface area contributed by atoms with Crippen LogP contribution in [0.25, 0.3) is 0 Å². The van der Waals surface area contributed by atoms with Crippen molar-refractivity contribution < 1.29 is 34.1 Å². The minimum Gasteiger partial charge on any atom is -0.489 e. The van der Waals surface area contributed by atoms with Gasteiger partial charge in [0.15, 0.2) is 0 Å². The Balaban J connectivity index is 1.35. The van der Waals surface area contributed by atoms with Crippen molar-refractivity contribution in [1.82, 2.24) is 4.90 Å². The minimum atomic E-state index is -1.31. The molecule has 3 aromatic carbocycles. The molecule has 11 heteroatoms. The number of carboxylic acids is 1. The first kappa shape index (κ1) is 25.7. The fourth-order valence-electron chi connectivity index (χ4n) is 4.60. The van der Waals surface area contributed by atoms with Crippen LogP contribution in [0.4, 0.5) is 10.5 Å². The van der Waals surface area contributed by atoms with Crippen molar-refractivity contribution in [1.29, 1.82) is 0 Å². The third kappa shape index (κ3) is 4.82. The lowest BCUT2D eigenvalue weighted by Crippen LogP contribution is -2.48. The number of nitrogens with zero attached hydrogens (tertiary/aromatic N) is 2. The van der Waals surface area contributed by atoms with Crippen LogP contribution in [0.15, 0.2) is 54.6 Å². The predicted molar refractivity (Wildman–Crippen MR) is 139 cm³/mol. The van der Waals surface area contributed by atoms with Crippen LogP contribution < -0.4 is 14.4 Å². The van der Waals surface area contributed by atoms with Crippen LogP contribution in [-0.2, 0) is 29.2 Å². The molecule has 0 bridgehead atoms. The summed E-state index contributed by atoms with van der Waals surface area (Å²) in [5.41, 5.74) is 3.27. The molecule has 0 saturated carbocycles. The highest BCUT2D eigenvalue weighted by Gasteiger charge is 2.38. The van der Waals surface area contributed by atoms with Gasteiger partial charge in [-0.1, -0.05) is 41.4 Å². The SMILES string of the molecule is CN1C(=O)[C@H](c2ccc(OCc3ccc(Cl)c(Cl)c3)cc2)Oc2cc3c(cc21)C[C@@H](C(=O)O)N(C(=O)O)C3. The number of benzene rings is 3. The van der Waals surface area contributed by atoms with E-state index >= 15 is 0 Å². The maximum Gasteiger partial charge on any atom is 0.408 e. The molecule has 2 atom stereocenters. The molecule has 38 heavy (non-hydrogen) atoms. The average molecular weight is 557 g/mol. The third-order valence-electron chi connectivity index (χ3n) is 6.68. The second kappa shape index (κ2) is 10.1. The first-order valence-electron chi connectivity index (χ1n) is 11.6. The van der Waals surface area contributed by atoms with E-state index < -0.39 is 24.2 Å². The molecule has 0 aromatic heterocycles. The molecule has 0 aliphatic carbocycles. The summed E-state index contributed by atoms with van der Waals surface area (Å²) in [5.74, 6) is -0.511. The number of amides is 2. The van der Waals surface area contributed by atoms with E-state index in [0.717, 1.165) is 10.5 Å². The molecule has 196 valence electrons. The number of carboxylic acid groups (broad SMARTS) is 2. The molecule has 0 radical (unpaired) electrons. The Morgan fingerprint density at radius 1 is 1.03 bits per heavy atom. The van der Waals surface area contributed by atoms with Gasteiger partial charge in [0.25, 0.3) is 5.91 Å². The molecule has 0 saturated heterocycles. The first-order chi connectivity index (χ1) is 18.1. The zero-order valence-electron chi connectivity index (χ0n) is 20.1. The summed E-state index contributed by atoms with van der Waals surface area (Å²) in [6, 6.07) is 14.4. The maximum atomic E-state index is 13.2. The molecular weight excluding hydrogens is 535 g/mol. The van der Waals surface area contributed by atoms with E-state index in [0.29, 0.717) is 43.9 Å². The second-order valence-corrected chi connectivity index (χ2v) is 9.87. The number of carbonyl (C=O) groups is 3. The molecule has 2 aliphatic rings. The molecule has 2 amide bonds. The highest BCUT2D eigenvalue weighted by atomic mass is 35.5. The molecule has 0 unspecified atom stereocenters. The van der Waals surface area contributed by atoms with Crippen LogP contribution in [0.1, 0.15) is 28.4 Å². The topological polar surface area (TPSA) is 117 Å². The smallest absolute Gasteiger partial charge is 0.408 e. The number of hydrogen-bond donors (Lipinski definition) is 2. The predicted octanol–water partition coefficient (Wildman–Crippen LogP) is 5.16.